The van der Waals surface area contributed by atoms with Crippen LogP contribution in [0.3, 0.4) is 0 Å². The maximum Gasteiger partial charge on any atom is 0.312 e. The van der Waals surface area contributed by atoms with Crippen molar-refractivity contribution in [1.82, 2.24) is 5.32 Å². The van der Waals surface area contributed by atoms with Crippen molar-refractivity contribution < 1.29 is 28.2 Å². The standard InChI is InChI=1S/C17H21FN2O5/c1-11(16(22)19-7-8-24-2)25-17(23)12-9-15(21)20(10-12)14-6-4-3-5-13(14)18/h3-6,11-12H,7-10H2,1-2H3,(H,19,22)/t11-,12+/m0/s1. The highest BCUT2D eigenvalue weighted by Crippen LogP contribution is 2.28. The van der Waals surface area contributed by atoms with E-state index in [4.69, 9.17) is 9.47 Å². The topological polar surface area (TPSA) is 84.9 Å². The molecule has 7 nitrogen and oxygen atoms in total. The number of esters is 1. The third-order valence-electron chi connectivity index (χ3n) is 3.87. The zero-order chi connectivity index (χ0) is 18.4. The molecule has 0 saturated carbocycles. The molecule has 1 aliphatic heterocycles. The van der Waals surface area contributed by atoms with Crippen molar-refractivity contribution >= 4 is 23.5 Å². The Balaban J connectivity index is 1.92. The highest BCUT2D eigenvalue weighted by molar-refractivity contribution is 5.99. The Morgan fingerprint density at radius 3 is 2.80 bits per heavy atom. The molecule has 2 atom stereocenters. The van der Waals surface area contributed by atoms with Crippen molar-refractivity contribution in [3.8, 4) is 0 Å². The molecular formula is C17H21FN2O5. The lowest BCUT2D eigenvalue weighted by atomic mass is 10.1. The first-order valence-corrected chi connectivity index (χ1v) is 7.96. The van der Waals surface area contributed by atoms with Gasteiger partial charge in [0, 0.05) is 26.6 Å². The van der Waals surface area contributed by atoms with Gasteiger partial charge in [-0.2, -0.15) is 0 Å². The molecule has 25 heavy (non-hydrogen) atoms. The Labute approximate surface area is 145 Å². The zero-order valence-electron chi connectivity index (χ0n) is 14.2. The molecule has 136 valence electrons. The van der Waals surface area contributed by atoms with E-state index in [0.717, 1.165) is 0 Å². The molecule has 0 radical (unpaired) electrons. The monoisotopic (exact) mass is 352 g/mol. The van der Waals surface area contributed by atoms with Crippen molar-refractivity contribution in [3.63, 3.8) is 0 Å². The van der Waals surface area contributed by atoms with E-state index in [2.05, 4.69) is 5.32 Å². The summed E-state index contributed by atoms with van der Waals surface area (Å²) in [5, 5.41) is 2.56. The molecule has 0 aromatic heterocycles. The number of carbonyl (C=O) groups excluding carboxylic acids is 3. The van der Waals surface area contributed by atoms with Crippen molar-refractivity contribution in [2.45, 2.75) is 19.4 Å². The van der Waals surface area contributed by atoms with Crippen LogP contribution in [-0.2, 0) is 23.9 Å². The van der Waals surface area contributed by atoms with Crippen LogP contribution in [0.1, 0.15) is 13.3 Å². The summed E-state index contributed by atoms with van der Waals surface area (Å²) < 4.78 is 23.8. The normalized spacial score (nSPS) is 18.1. The number of nitrogens with zero attached hydrogens (tertiary/aromatic N) is 1. The second-order valence-electron chi connectivity index (χ2n) is 5.72. The quantitative estimate of drug-likeness (QED) is 0.581. The van der Waals surface area contributed by atoms with E-state index < -0.39 is 29.7 Å². The molecule has 1 fully saturated rings. The van der Waals surface area contributed by atoms with Crippen molar-refractivity contribution in [2.24, 2.45) is 5.92 Å². The Kier molecular flexibility index (Phi) is 6.46. The lowest BCUT2D eigenvalue weighted by Crippen LogP contribution is -2.38. The Morgan fingerprint density at radius 1 is 1.40 bits per heavy atom. The van der Waals surface area contributed by atoms with Gasteiger partial charge in [0.05, 0.1) is 18.2 Å². The number of hydrogen-bond donors (Lipinski definition) is 1. The number of hydrogen-bond acceptors (Lipinski definition) is 5. The number of rotatable bonds is 7. The lowest BCUT2D eigenvalue weighted by molar-refractivity contribution is -0.158. The average Bonchev–Trinajstić information content (AvgIpc) is 2.97. The van der Waals surface area contributed by atoms with Gasteiger partial charge >= 0.3 is 5.97 Å². The SMILES string of the molecule is COCCNC(=O)[C@H](C)OC(=O)[C@@H]1CC(=O)N(c2ccccc2F)C1. The Morgan fingerprint density at radius 2 is 2.12 bits per heavy atom. The van der Waals surface area contributed by atoms with Gasteiger partial charge in [-0.25, -0.2) is 4.39 Å². The van der Waals surface area contributed by atoms with Gasteiger partial charge in [-0.15, -0.1) is 0 Å². The van der Waals surface area contributed by atoms with Crippen LogP contribution in [0, 0.1) is 11.7 Å². The first-order chi connectivity index (χ1) is 11.9. The van der Waals surface area contributed by atoms with Gasteiger partial charge in [0.1, 0.15) is 5.82 Å². The van der Waals surface area contributed by atoms with Crippen LogP contribution < -0.4 is 10.2 Å². The maximum absolute atomic E-state index is 13.8. The second kappa shape index (κ2) is 8.57. The number of benzene rings is 1. The minimum Gasteiger partial charge on any atom is -0.452 e. The average molecular weight is 352 g/mol. The molecule has 1 N–H and O–H groups in total. The van der Waals surface area contributed by atoms with E-state index >= 15 is 0 Å². The summed E-state index contributed by atoms with van der Waals surface area (Å²) in [6, 6.07) is 5.87. The number of nitrogens with one attached hydrogen (secondary N) is 1. The Bertz CT molecular complexity index is 652. The highest BCUT2D eigenvalue weighted by Gasteiger charge is 2.38. The molecule has 1 aromatic carbocycles. The van der Waals surface area contributed by atoms with E-state index in [9.17, 15) is 18.8 Å². The van der Waals surface area contributed by atoms with Gasteiger partial charge in [0.2, 0.25) is 5.91 Å². The van der Waals surface area contributed by atoms with Gasteiger partial charge in [-0.3, -0.25) is 14.4 Å². The smallest absolute Gasteiger partial charge is 0.312 e. The number of amides is 2. The summed E-state index contributed by atoms with van der Waals surface area (Å²) in [6.07, 6.45) is -1.06. The maximum atomic E-state index is 13.8. The third kappa shape index (κ3) is 4.76. The molecule has 1 aromatic rings. The van der Waals surface area contributed by atoms with E-state index in [1.165, 1.54) is 37.1 Å². The summed E-state index contributed by atoms with van der Waals surface area (Å²) in [6.45, 7) is 2.13. The van der Waals surface area contributed by atoms with E-state index in [1.54, 1.807) is 6.07 Å². The summed E-state index contributed by atoms with van der Waals surface area (Å²) in [5.41, 5.74) is 0.133. The summed E-state index contributed by atoms with van der Waals surface area (Å²) >= 11 is 0. The predicted molar refractivity (Wildman–Crippen MR) is 87.3 cm³/mol. The molecule has 0 aliphatic carbocycles. The number of methoxy groups -OCH3 is 1. The number of ether oxygens (including phenoxy) is 2. The van der Waals surface area contributed by atoms with Crippen molar-refractivity contribution in [1.29, 1.82) is 0 Å². The summed E-state index contributed by atoms with van der Waals surface area (Å²) in [7, 11) is 1.51. The van der Waals surface area contributed by atoms with Crippen LogP contribution in [-0.4, -0.2) is 50.7 Å². The van der Waals surface area contributed by atoms with E-state index in [0.29, 0.717) is 13.2 Å². The summed E-state index contributed by atoms with van der Waals surface area (Å²) in [5.74, 6) is -2.72. The number of anilines is 1. The molecule has 2 amide bonds. The van der Waals surface area contributed by atoms with Gasteiger partial charge < -0.3 is 19.7 Å². The second-order valence-corrected chi connectivity index (χ2v) is 5.72. The fraction of sp³-hybridized carbons (Fsp3) is 0.471. The molecule has 0 unspecified atom stereocenters. The van der Waals surface area contributed by atoms with Crippen LogP contribution in [0.15, 0.2) is 24.3 Å². The largest absolute Gasteiger partial charge is 0.452 e. The first-order valence-electron chi connectivity index (χ1n) is 7.96. The van der Waals surface area contributed by atoms with E-state index in [-0.39, 0.29) is 24.6 Å². The minimum atomic E-state index is -0.984. The van der Waals surface area contributed by atoms with Crippen LogP contribution in [0.4, 0.5) is 10.1 Å². The van der Waals surface area contributed by atoms with Crippen LogP contribution >= 0.6 is 0 Å². The molecule has 8 heteroatoms. The van der Waals surface area contributed by atoms with Gasteiger partial charge in [0.15, 0.2) is 6.10 Å². The highest BCUT2D eigenvalue weighted by atomic mass is 19.1. The molecule has 0 bridgehead atoms. The molecule has 1 heterocycles. The summed E-state index contributed by atoms with van der Waals surface area (Å²) in [4.78, 5) is 37.3. The third-order valence-corrected chi connectivity index (χ3v) is 3.87. The number of halogens is 1. The zero-order valence-corrected chi connectivity index (χ0v) is 14.2. The van der Waals surface area contributed by atoms with Crippen LogP contribution in [0.25, 0.3) is 0 Å². The molecule has 2 rings (SSSR count). The predicted octanol–water partition coefficient (Wildman–Crippen LogP) is 0.873. The molecule has 1 saturated heterocycles. The van der Waals surface area contributed by atoms with Crippen molar-refractivity contribution in [3.05, 3.63) is 30.1 Å². The number of para-hydroxylation sites is 1. The molecule has 1 aliphatic rings. The van der Waals surface area contributed by atoms with Gasteiger partial charge in [-0.05, 0) is 19.1 Å². The molecule has 0 spiro atoms. The van der Waals surface area contributed by atoms with E-state index in [1.807, 2.05) is 0 Å². The van der Waals surface area contributed by atoms with Crippen LogP contribution in [0.2, 0.25) is 0 Å². The van der Waals surface area contributed by atoms with Gasteiger partial charge in [-0.1, -0.05) is 12.1 Å². The van der Waals surface area contributed by atoms with Crippen LogP contribution in [0.5, 0.6) is 0 Å². The Hall–Kier alpha value is -2.48. The first kappa shape index (κ1) is 18.9. The molecular weight excluding hydrogens is 331 g/mol. The van der Waals surface area contributed by atoms with Gasteiger partial charge in [0.25, 0.3) is 5.91 Å². The fourth-order valence-corrected chi connectivity index (χ4v) is 2.51. The lowest BCUT2D eigenvalue weighted by Gasteiger charge is -2.18. The fourth-order valence-electron chi connectivity index (χ4n) is 2.51. The minimum absolute atomic E-state index is 0.0244. The van der Waals surface area contributed by atoms with Crippen molar-refractivity contribution in [2.75, 3.05) is 31.7 Å². The number of carbonyl (C=O) groups is 3.